The molecule has 5 nitrogen and oxygen atoms in total. The fraction of sp³-hybridized carbons (Fsp3) is 0.471. The fourth-order valence-corrected chi connectivity index (χ4v) is 3.94. The Hall–Kier alpha value is -1.95. The fourth-order valence-electron chi connectivity index (χ4n) is 3.00. The van der Waals surface area contributed by atoms with Crippen molar-refractivity contribution in [3.8, 4) is 0 Å². The number of nitrogens with zero attached hydrogens (tertiary/aromatic N) is 3. The van der Waals surface area contributed by atoms with Gasteiger partial charge in [-0.3, -0.25) is 4.79 Å². The molecule has 0 radical (unpaired) electrons. The van der Waals surface area contributed by atoms with Crippen molar-refractivity contribution in [3.05, 3.63) is 40.9 Å². The Kier molecular flexibility index (Phi) is 3.99. The van der Waals surface area contributed by atoms with Crippen LogP contribution in [0.15, 0.2) is 30.3 Å². The zero-order chi connectivity index (χ0) is 15.6. The summed E-state index contributed by atoms with van der Waals surface area (Å²) >= 11 is 1.60. The van der Waals surface area contributed by atoms with E-state index in [1.807, 2.05) is 18.2 Å². The number of carbonyl (C=O) groups excluding carboxylic acids is 1. The Balaban J connectivity index is 1.45. The summed E-state index contributed by atoms with van der Waals surface area (Å²) in [5.74, 6) is 0.157. The van der Waals surface area contributed by atoms with Crippen LogP contribution in [0, 0.1) is 0 Å². The molecule has 1 unspecified atom stereocenters. The number of benzene rings is 1. The topological polar surface area (TPSA) is 58.1 Å². The quantitative estimate of drug-likeness (QED) is 0.915. The van der Waals surface area contributed by atoms with Crippen molar-refractivity contribution < 1.29 is 4.79 Å². The van der Waals surface area contributed by atoms with Gasteiger partial charge in [-0.15, -0.1) is 10.2 Å². The predicted octanol–water partition coefficient (Wildman–Crippen LogP) is 2.38. The van der Waals surface area contributed by atoms with Gasteiger partial charge in [-0.05, 0) is 31.2 Å². The van der Waals surface area contributed by atoms with Crippen LogP contribution in [-0.4, -0.2) is 34.7 Å². The van der Waals surface area contributed by atoms with Gasteiger partial charge in [0.15, 0.2) is 0 Å². The highest BCUT2D eigenvalue weighted by Gasteiger charge is 2.35. The first-order chi connectivity index (χ1) is 11.3. The maximum atomic E-state index is 12.4. The second-order valence-corrected chi connectivity index (χ2v) is 7.32. The average molecular weight is 328 g/mol. The first-order valence-corrected chi connectivity index (χ1v) is 9.04. The highest BCUT2D eigenvalue weighted by Crippen LogP contribution is 2.30. The Labute approximate surface area is 139 Å². The van der Waals surface area contributed by atoms with E-state index >= 15 is 0 Å². The lowest BCUT2D eigenvalue weighted by Crippen LogP contribution is -2.44. The summed E-state index contributed by atoms with van der Waals surface area (Å²) in [6.07, 6.45) is 4.99. The minimum atomic E-state index is -0.0758. The van der Waals surface area contributed by atoms with E-state index < -0.39 is 0 Å². The zero-order valence-electron chi connectivity index (χ0n) is 12.9. The zero-order valence-corrected chi connectivity index (χ0v) is 13.8. The van der Waals surface area contributed by atoms with Gasteiger partial charge in [-0.1, -0.05) is 41.7 Å². The van der Waals surface area contributed by atoms with Gasteiger partial charge < -0.3 is 10.2 Å². The molecule has 1 atom stereocenters. The molecule has 2 aromatic rings. The van der Waals surface area contributed by atoms with Crippen LogP contribution < -0.4 is 10.2 Å². The standard InChI is InChI=1S/C17H20N4OS/c22-16(18-13-8-9-13)14-7-4-10-21(14)17-20-19-15(23-17)11-12-5-2-1-3-6-12/h1-3,5-6,13-14H,4,7-11H2,(H,18,22). The lowest BCUT2D eigenvalue weighted by Gasteiger charge is -2.22. The van der Waals surface area contributed by atoms with Crippen molar-refractivity contribution in [2.45, 2.75) is 44.2 Å². The van der Waals surface area contributed by atoms with Gasteiger partial charge in [0.05, 0.1) is 0 Å². The number of hydrogen-bond donors (Lipinski definition) is 1. The molecule has 0 bridgehead atoms. The Morgan fingerprint density at radius 3 is 2.83 bits per heavy atom. The molecule has 4 rings (SSSR count). The van der Waals surface area contributed by atoms with E-state index in [2.05, 4.69) is 32.5 Å². The van der Waals surface area contributed by atoms with E-state index in [0.717, 1.165) is 48.8 Å². The molecule has 120 valence electrons. The largest absolute Gasteiger partial charge is 0.352 e. The molecule has 0 spiro atoms. The summed E-state index contributed by atoms with van der Waals surface area (Å²) < 4.78 is 0. The summed E-state index contributed by atoms with van der Waals surface area (Å²) in [4.78, 5) is 14.5. The predicted molar refractivity (Wildman–Crippen MR) is 90.7 cm³/mol. The van der Waals surface area contributed by atoms with E-state index in [9.17, 15) is 4.79 Å². The molecule has 1 aromatic heterocycles. The van der Waals surface area contributed by atoms with Crippen molar-refractivity contribution in [2.75, 3.05) is 11.4 Å². The molecule has 1 aliphatic heterocycles. The Bertz CT molecular complexity index is 683. The van der Waals surface area contributed by atoms with Gasteiger partial charge in [0.2, 0.25) is 11.0 Å². The van der Waals surface area contributed by atoms with E-state index in [0.29, 0.717) is 6.04 Å². The molecule has 2 heterocycles. The van der Waals surface area contributed by atoms with Crippen molar-refractivity contribution in [1.29, 1.82) is 0 Å². The number of anilines is 1. The number of rotatable bonds is 5. The molecular weight excluding hydrogens is 308 g/mol. The number of aromatic nitrogens is 2. The van der Waals surface area contributed by atoms with Crippen molar-refractivity contribution in [2.24, 2.45) is 0 Å². The molecule has 1 aromatic carbocycles. The minimum Gasteiger partial charge on any atom is -0.352 e. The summed E-state index contributed by atoms with van der Waals surface area (Å²) in [5.41, 5.74) is 1.24. The van der Waals surface area contributed by atoms with Gasteiger partial charge in [0.25, 0.3) is 0 Å². The molecule has 23 heavy (non-hydrogen) atoms. The summed E-state index contributed by atoms with van der Waals surface area (Å²) in [5, 5.41) is 13.7. The van der Waals surface area contributed by atoms with Crippen LogP contribution in [0.4, 0.5) is 5.13 Å². The normalized spacial score (nSPS) is 20.7. The molecule has 2 fully saturated rings. The lowest BCUT2D eigenvalue weighted by molar-refractivity contribution is -0.122. The summed E-state index contributed by atoms with van der Waals surface area (Å²) in [6, 6.07) is 10.6. The van der Waals surface area contributed by atoms with Crippen molar-refractivity contribution in [1.82, 2.24) is 15.5 Å². The Morgan fingerprint density at radius 1 is 1.22 bits per heavy atom. The van der Waals surface area contributed by atoms with Gasteiger partial charge >= 0.3 is 0 Å². The van der Waals surface area contributed by atoms with Crippen LogP contribution in [0.25, 0.3) is 0 Å². The molecule has 6 heteroatoms. The maximum Gasteiger partial charge on any atom is 0.243 e. The molecule has 1 aliphatic carbocycles. The van der Waals surface area contributed by atoms with E-state index in [4.69, 9.17) is 0 Å². The second-order valence-electron chi connectivity index (χ2n) is 6.28. The van der Waals surface area contributed by atoms with Crippen LogP contribution >= 0.6 is 11.3 Å². The highest BCUT2D eigenvalue weighted by molar-refractivity contribution is 7.15. The van der Waals surface area contributed by atoms with E-state index in [1.165, 1.54) is 5.56 Å². The molecule has 2 aliphatic rings. The van der Waals surface area contributed by atoms with Crippen molar-refractivity contribution >= 4 is 22.4 Å². The van der Waals surface area contributed by atoms with E-state index in [1.54, 1.807) is 11.3 Å². The van der Waals surface area contributed by atoms with E-state index in [-0.39, 0.29) is 11.9 Å². The summed E-state index contributed by atoms with van der Waals surface area (Å²) in [6.45, 7) is 0.892. The minimum absolute atomic E-state index is 0.0758. The second kappa shape index (κ2) is 6.28. The van der Waals surface area contributed by atoms with Crippen LogP contribution in [0.5, 0.6) is 0 Å². The van der Waals surface area contributed by atoms with Gasteiger partial charge in [-0.2, -0.15) is 0 Å². The van der Waals surface area contributed by atoms with Gasteiger partial charge in [0, 0.05) is 19.0 Å². The third-order valence-corrected chi connectivity index (χ3v) is 5.34. The van der Waals surface area contributed by atoms with Crippen LogP contribution in [0.3, 0.4) is 0 Å². The SMILES string of the molecule is O=C(NC1CC1)C1CCCN1c1nnc(Cc2ccccc2)s1. The van der Waals surface area contributed by atoms with Gasteiger partial charge in [-0.25, -0.2) is 0 Å². The van der Waals surface area contributed by atoms with Crippen molar-refractivity contribution in [3.63, 3.8) is 0 Å². The summed E-state index contributed by atoms with van der Waals surface area (Å²) in [7, 11) is 0. The number of amides is 1. The number of nitrogens with one attached hydrogen (secondary N) is 1. The molecule has 1 N–H and O–H groups in total. The van der Waals surface area contributed by atoms with Crippen LogP contribution in [-0.2, 0) is 11.2 Å². The monoisotopic (exact) mass is 328 g/mol. The Morgan fingerprint density at radius 2 is 2.04 bits per heavy atom. The third-order valence-electron chi connectivity index (χ3n) is 4.38. The molecule has 1 saturated carbocycles. The smallest absolute Gasteiger partial charge is 0.243 e. The maximum absolute atomic E-state index is 12.4. The average Bonchev–Trinajstić information content (AvgIpc) is 3.06. The number of carbonyl (C=O) groups is 1. The first kappa shape index (κ1) is 14.6. The first-order valence-electron chi connectivity index (χ1n) is 8.23. The number of hydrogen-bond acceptors (Lipinski definition) is 5. The van der Waals surface area contributed by atoms with Crippen LogP contribution in [0.2, 0.25) is 0 Å². The molecule has 1 saturated heterocycles. The van der Waals surface area contributed by atoms with Crippen LogP contribution in [0.1, 0.15) is 36.3 Å². The van der Waals surface area contributed by atoms with Gasteiger partial charge in [0.1, 0.15) is 11.0 Å². The highest BCUT2D eigenvalue weighted by atomic mass is 32.1. The third kappa shape index (κ3) is 3.37. The lowest BCUT2D eigenvalue weighted by atomic mass is 10.2. The molecule has 1 amide bonds. The molecular formula is C17H20N4OS.